The fraction of sp³-hybridized carbons (Fsp3) is 0.364. The van der Waals surface area contributed by atoms with E-state index in [1.807, 2.05) is 30.5 Å². The van der Waals surface area contributed by atoms with Crippen LogP contribution in [0, 0.1) is 0 Å². The zero-order valence-corrected chi connectivity index (χ0v) is 11.3. The smallest absolute Gasteiger partial charge is 0.340 e. The van der Waals surface area contributed by atoms with Crippen LogP contribution in [0.4, 0.5) is 5.69 Å². The molecule has 0 aliphatic heterocycles. The Morgan fingerprint density at radius 1 is 1.47 bits per heavy atom. The highest BCUT2D eigenvalue weighted by atomic mass is 35.5. The van der Waals surface area contributed by atoms with Gasteiger partial charge in [-0.1, -0.05) is 11.6 Å². The average molecular weight is 275 g/mol. The number of esters is 1. The number of carbonyl (C=O) groups excluding carboxylic acids is 1. The van der Waals surface area contributed by atoms with Crippen LogP contribution in [-0.4, -0.2) is 24.3 Å². The van der Waals surface area contributed by atoms with Crippen LogP contribution in [0.25, 0.3) is 0 Å². The predicted octanol–water partition coefficient (Wildman–Crippen LogP) is 2.45. The van der Waals surface area contributed by atoms with Gasteiger partial charge in [-0.25, -0.2) is 10.2 Å². The molecule has 0 fully saturated rings. The molecule has 0 radical (unpaired) electrons. The van der Waals surface area contributed by atoms with Crippen molar-refractivity contribution in [3.63, 3.8) is 0 Å². The number of ether oxygens (including phenoxy) is 1. The summed E-state index contributed by atoms with van der Waals surface area (Å²) in [4.78, 5) is 12.4. The molecular weight excluding hydrogens is 260 g/mol. The molecule has 0 bridgehead atoms. The van der Waals surface area contributed by atoms with Crippen LogP contribution >= 0.6 is 23.4 Å². The third-order valence-electron chi connectivity index (χ3n) is 1.93. The average Bonchev–Trinajstić information content (AvgIpc) is 2.36. The number of anilines is 1. The molecule has 1 aromatic carbocycles. The molecule has 0 heterocycles. The van der Waals surface area contributed by atoms with Crippen molar-refractivity contribution in [3.8, 4) is 0 Å². The van der Waals surface area contributed by atoms with E-state index in [-0.39, 0.29) is 0 Å². The molecule has 1 atom stereocenters. The van der Waals surface area contributed by atoms with E-state index in [1.165, 1.54) is 4.90 Å². The molecule has 1 unspecified atom stereocenters. The third-order valence-corrected chi connectivity index (χ3v) is 2.96. The highest BCUT2D eigenvalue weighted by Gasteiger charge is 2.15. The Hall–Kier alpha value is -0.910. The number of benzene rings is 1. The summed E-state index contributed by atoms with van der Waals surface area (Å²) in [5.41, 5.74) is 5.42. The topological polar surface area (TPSA) is 50.4 Å². The summed E-state index contributed by atoms with van der Waals surface area (Å²) in [6.07, 6.45) is 2.01. The summed E-state index contributed by atoms with van der Waals surface area (Å²) >= 11 is 7.43. The van der Waals surface area contributed by atoms with E-state index in [0.717, 1.165) is 5.69 Å². The van der Waals surface area contributed by atoms with Crippen LogP contribution in [0.5, 0.6) is 0 Å². The first kappa shape index (κ1) is 14.2. The lowest BCUT2D eigenvalue weighted by Crippen LogP contribution is -2.37. The predicted molar refractivity (Wildman–Crippen MR) is 71.3 cm³/mol. The molecule has 0 aromatic heterocycles. The van der Waals surface area contributed by atoms with Gasteiger partial charge in [0.05, 0.1) is 6.61 Å². The molecule has 0 spiro atoms. The van der Waals surface area contributed by atoms with Crippen LogP contribution in [-0.2, 0) is 9.53 Å². The van der Waals surface area contributed by atoms with Crippen LogP contribution < -0.4 is 10.9 Å². The van der Waals surface area contributed by atoms with Gasteiger partial charge in [-0.05, 0) is 37.4 Å². The molecule has 2 N–H and O–H groups in total. The van der Waals surface area contributed by atoms with E-state index >= 15 is 0 Å². The van der Waals surface area contributed by atoms with Crippen molar-refractivity contribution in [1.29, 1.82) is 0 Å². The first-order valence-corrected chi connectivity index (χ1v) is 6.79. The van der Waals surface area contributed by atoms with Crippen molar-refractivity contribution in [2.75, 3.05) is 18.3 Å². The van der Waals surface area contributed by atoms with Gasteiger partial charge < -0.3 is 10.2 Å². The standard InChI is InChI=1S/C11H15ClN2O2S/c1-3-16-11(15)10(12)14-13-8-4-6-9(17-2)7-5-8/h4-7,10,13-14H,3H2,1-2H3. The van der Waals surface area contributed by atoms with Crippen LogP contribution in [0.2, 0.25) is 0 Å². The zero-order chi connectivity index (χ0) is 12.7. The van der Waals surface area contributed by atoms with E-state index in [1.54, 1.807) is 18.7 Å². The van der Waals surface area contributed by atoms with Gasteiger partial charge in [0.15, 0.2) is 5.50 Å². The van der Waals surface area contributed by atoms with Crippen molar-refractivity contribution >= 4 is 35.0 Å². The van der Waals surface area contributed by atoms with E-state index in [2.05, 4.69) is 10.9 Å². The van der Waals surface area contributed by atoms with Crippen molar-refractivity contribution in [1.82, 2.24) is 5.43 Å². The molecule has 0 saturated carbocycles. The summed E-state index contributed by atoms with van der Waals surface area (Å²) in [7, 11) is 0. The summed E-state index contributed by atoms with van der Waals surface area (Å²) in [6, 6.07) is 7.74. The van der Waals surface area contributed by atoms with Crippen molar-refractivity contribution in [2.24, 2.45) is 0 Å². The largest absolute Gasteiger partial charge is 0.464 e. The lowest BCUT2D eigenvalue weighted by molar-refractivity contribution is -0.143. The number of nitrogens with one attached hydrogen (secondary N) is 2. The Morgan fingerprint density at radius 2 is 2.12 bits per heavy atom. The van der Waals surface area contributed by atoms with Gasteiger partial charge in [0.25, 0.3) is 0 Å². The minimum Gasteiger partial charge on any atom is -0.464 e. The number of rotatable bonds is 6. The summed E-state index contributed by atoms with van der Waals surface area (Å²) < 4.78 is 4.75. The van der Waals surface area contributed by atoms with Gasteiger partial charge >= 0.3 is 5.97 Å². The minimum atomic E-state index is -0.907. The lowest BCUT2D eigenvalue weighted by atomic mass is 10.3. The van der Waals surface area contributed by atoms with Gasteiger partial charge in [-0.2, -0.15) is 0 Å². The van der Waals surface area contributed by atoms with Crippen LogP contribution in [0.3, 0.4) is 0 Å². The lowest BCUT2D eigenvalue weighted by Gasteiger charge is -2.12. The fourth-order valence-electron chi connectivity index (χ4n) is 1.10. The molecule has 6 heteroatoms. The zero-order valence-electron chi connectivity index (χ0n) is 9.70. The minimum absolute atomic E-state index is 0.312. The number of thioether (sulfide) groups is 1. The number of halogens is 1. The van der Waals surface area contributed by atoms with Gasteiger partial charge in [0, 0.05) is 10.6 Å². The summed E-state index contributed by atoms with van der Waals surface area (Å²) in [6.45, 7) is 2.04. The Bertz CT molecular complexity index is 359. The molecule has 17 heavy (non-hydrogen) atoms. The second-order valence-corrected chi connectivity index (χ2v) is 4.43. The number of carbonyl (C=O) groups is 1. The number of hydrogen-bond acceptors (Lipinski definition) is 5. The molecule has 1 aromatic rings. The van der Waals surface area contributed by atoms with Crippen LogP contribution in [0.1, 0.15) is 6.92 Å². The first-order chi connectivity index (χ1) is 8.17. The quantitative estimate of drug-likeness (QED) is 0.274. The van der Waals surface area contributed by atoms with Crippen molar-refractivity contribution in [2.45, 2.75) is 17.3 Å². The maximum atomic E-state index is 11.2. The molecule has 0 aliphatic rings. The van der Waals surface area contributed by atoms with Gasteiger partial charge in [-0.3, -0.25) is 0 Å². The van der Waals surface area contributed by atoms with E-state index in [0.29, 0.717) is 6.61 Å². The number of hydrogen-bond donors (Lipinski definition) is 2. The summed E-state index contributed by atoms with van der Waals surface area (Å²) in [5, 5.41) is 0. The maximum Gasteiger partial charge on any atom is 0.340 e. The Labute approximate surface area is 110 Å². The van der Waals surface area contributed by atoms with E-state index in [9.17, 15) is 4.79 Å². The number of alkyl halides is 1. The highest BCUT2D eigenvalue weighted by molar-refractivity contribution is 7.98. The molecular formula is C11H15ClN2O2S. The molecule has 94 valence electrons. The molecule has 4 nitrogen and oxygen atoms in total. The van der Waals surface area contributed by atoms with Crippen molar-refractivity contribution in [3.05, 3.63) is 24.3 Å². The van der Waals surface area contributed by atoms with E-state index < -0.39 is 11.5 Å². The van der Waals surface area contributed by atoms with Gasteiger partial charge in [0.2, 0.25) is 0 Å². The van der Waals surface area contributed by atoms with Crippen molar-refractivity contribution < 1.29 is 9.53 Å². The monoisotopic (exact) mass is 274 g/mol. The highest BCUT2D eigenvalue weighted by Crippen LogP contribution is 2.16. The second-order valence-electron chi connectivity index (χ2n) is 3.11. The fourth-order valence-corrected chi connectivity index (χ4v) is 1.62. The molecule has 1 rings (SSSR count). The SMILES string of the molecule is CCOC(=O)C(Cl)NNc1ccc(SC)cc1. The number of hydrazine groups is 1. The van der Waals surface area contributed by atoms with Gasteiger partial charge in [-0.15, -0.1) is 11.8 Å². The molecule has 0 aliphatic carbocycles. The second kappa shape index (κ2) is 7.42. The Balaban J connectivity index is 2.41. The van der Waals surface area contributed by atoms with Crippen LogP contribution in [0.15, 0.2) is 29.2 Å². The third kappa shape index (κ3) is 4.85. The maximum absolute atomic E-state index is 11.2. The Morgan fingerprint density at radius 3 is 2.65 bits per heavy atom. The van der Waals surface area contributed by atoms with Gasteiger partial charge in [0.1, 0.15) is 0 Å². The normalized spacial score (nSPS) is 11.9. The molecule has 0 amide bonds. The summed E-state index contributed by atoms with van der Waals surface area (Å²) in [5.74, 6) is -0.498. The van der Waals surface area contributed by atoms with E-state index in [4.69, 9.17) is 16.3 Å². The first-order valence-electron chi connectivity index (χ1n) is 5.13. The molecule has 0 saturated heterocycles. The Kier molecular flexibility index (Phi) is 6.18.